The van der Waals surface area contributed by atoms with Crippen LogP contribution in [0.3, 0.4) is 0 Å². The van der Waals surface area contributed by atoms with Gasteiger partial charge in [-0.05, 0) is 49.4 Å². The van der Waals surface area contributed by atoms with E-state index in [0.717, 1.165) is 10.9 Å². The summed E-state index contributed by atoms with van der Waals surface area (Å²) in [5, 5.41) is 13.3. The molecule has 1 atom stereocenters. The van der Waals surface area contributed by atoms with Crippen molar-refractivity contribution < 1.29 is 19.4 Å². The van der Waals surface area contributed by atoms with Gasteiger partial charge in [-0.2, -0.15) is 9.97 Å². The third-order valence-electron chi connectivity index (χ3n) is 6.19. The highest BCUT2D eigenvalue weighted by molar-refractivity contribution is 6.04. The molecule has 9 heteroatoms. The Balaban J connectivity index is 1.60. The van der Waals surface area contributed by atoms with Gasteiger partial charge in [0.1, 0.15) is 11.6 Å². The number of nitrogens with one attached hydrogen (secondary N) is 1. The third-order valence-corrected chi connectivity index (χ3v) is 6.19. The van der Waals surface area contributed by atoms with Crippen molar-refractivity contribution in [1.29, 1.82) is 0 Å². The molecule has 1 amide bonds. The third kappa shape index (κ3) is 4.71. The molecule has 5 rings (SSSR count). The van der Waals surface area contributed by atoms with Gasteiger partial charge in [0, 0.05) is 23.2 Å². The number of hydrogen-bond acceptors (Lipinski definition) is 8. The molecule has 4 aromatic rings. The number of rotatable bonds is 6. The average Bonchev–Trinajstić information content (AvgIpc) is 2.92. The molecular weight excluding hydrogens is 458 g/mol. The second-order valence-electron chi connectivity index (χ2n) is 8.56. The van der Waals surface area contributed by atoms with Gasteiger partial charge in [-0.1, -0.05) is 18.2 Å². The molecule has 1 aliphatic rings. The SMILES string of the molecule is COc1ccc(-c2ccc3c(N4CCOC[C@@H]4C)nc(NC(=O)c4ccccc4)nc3n2)cc1CO. The Morgan fingerprint density at radius 2 is 1.97 bits per heavy atom. The van der Waals surface area contributed by atoms with Crippen LogP contribution in [0, 0.1) is 0 Å². The minimum Gasteiger partial charge on any atom is -0.496 e. The number of carbonyl (C=O) groups excluding carboxylic acids is 1. The second-order valence-corrected chi connectivity index (χ2v) is 8.56. The Labute approximate surface area is 208 Å². The van der Waals surface area contributed by atoms with Gasteiger partial charge in [0.15, 0.2) is 5.65 Å². The summed E-state index contributed by atoms with van der Waals surface area (Å²) in [5.41, 5.74) is 3.13. The molecule has 0 aliphatic carbocycles. The first-order valence-corrected chi connectivity index (χ1v) is 11.7. The fourth-order valence-electron chi connectivity index (χ4n) is 4.30. The molecule has 36 heavy (non-hydrogen) atoms. The van der Waals surface area contributed by atoms with Gasteiger partial charge in [0.2, 0.25) is 5.95 Å². The number of anilines is 2. The van der Waals surface area contributed by atoms with E-state index in [1.165, 1.54) is 0 Å². The largest absolute Gasteiger partial charge is 0.496 e. The van der Waals surface area contributed by atoms with Crippen LogP contribution in [0.25, 0.3) is 22.3 Å². The average molecular weight is 486 g/mol. The van der Waals surface area contributed by atoms with Gasteiger partial charge in [0.25, 0.3) is 5.91 Å². The molecule has 0 saturated carbocycles. The number of pyridine rings is 1. The molecule has 1 fully saturated rings. The number of benzene rings is 2. The number of amides is 1. The van der Waals surface area contributed by atoms with Crippen LogP contribution < -0.4 is 15.0 Å². The van der Waals surface area contributed by atoms with E-state index in [1.807, 2.05) is 30.3 Å². The van der Waals surface area contributed by atoms with E-state index in [9.17, 15) is 9.90 Å². The maximum atomic E-state index is 12.8. The van der Waals surface area contributed by atoms with Gasteiger partial charge >= 0.3 is 0 Å². The van der Waals surface area contributed by atoms with Crippen LogP contribution in [0.4, 0.5) is 11.8 Å². The topological polar surface area (TPSA) is 110 Å². The summed E-state index contributed by atoms with van der Waals surface area (Å²) in [6.45, 7) is 3.76. The van der Waals surface area contributed by atoms with E-state index in [2.05, 4.69) is 22.1 Å². The summed E-state index contributed by atoms with van der Waals surface area (Å²) < 4.78 is 10.9. The van der Waals surface area contributed by atoms with Crippen molar-refractivity contribution in [1.82, 2.24) is 15.0 Å². The standard InChI is InChI=1S/C27H27N5O4/c1-17-16-36-13-12-32(17)25-21-9-10-22(19-8-11-23(35-2)20(14-19)15-33)28-24(21)29-27(30-25)31-26(34)18-6-4-3-5-7-18/h3-11,14,17,33H,12-13,15-16H2,1-2H3,(H,28,29,30,31,34)/t17-/m0/s1. The Morgan fingerprint density at radius 1 is 1.14 bits per heavy atom. The van der Waals surface area contributed by atoms with Crippen LogP contribution in [0.1, 0.15) is 22.8 Å². The lowest BCUT2D eigenvalue weighted by Gasteiger charge is -2.34. The van der Waals surface area contributed by atoms with Crippen LogP contribution in [0.2, 0.25) is 0 Å². The molecule has 2 aromatic heterocycles. The molecule has 1 aliphatic heterocycles. The van der Waals surface area contributed by atoms with Crippen LogP contribution in [-0.4, -0.2) is 58.9 Å². The number of methoxy groups -OCH3 is 1. The van der Waals surface area contributed by atoms with E-state index >= 15 is 0 Å². The van der Waals surface area contributed by atoms with Gasteiger partial charge in [-0.25, -0.2) is 4.98 Å². The Hall–Kier alpha value is -4.08. The highest BCUT2D eigenvalue weighted by atomic mass is 16.5. The quantitative estimate of drug-likeness (QED) is 0.426. The number of aliphatic hydroxyl groups excluding tert-OH is 1. The molecule has 0 bridgehead atoms. The molecule has 3 heterocycles. The monoisotopic (exact) mass is 485 g/mol. The molecule has 2 N–H and O–H groups in total. The van der Waals surface area contributed by atoms with Gasteiger partial charge in [-0.3, -0.25) is 10.1 Å². The van der Waals surface area contributed by atoms with Crippen LogP contribution in [-0.2, 0) is 11.3 Å². The fraction of sp³-hybridized carbons (Fsp3) is 0.259. The van der Waals surface area contributed by atoms with E-state index in [4.69, 9.17) is 19.4 Å². The molecule has 184 valence electrons. The molecule has 0 unspecified atom stereocenters. The lowest BCUT2D eigenvalue weighted by Crippen LogP contribution is -2.44. The normalized spacial score (nSPS) is 15.6. The number of carbonyl (C=O) groups is 1. The first-order valence-electron chi connectivity index (χ1n) is 11.7. The smallest absolute Gasteiger partial charge is 0.258 e. The number of hydrogen-bond donors (Lipinski definition) is 2. The second kappa shape index (κ2) is 10.3. The van der Waals surface area contributed by atoms with E-state index < -0.39 is 0 Å². The molecule has 2 aromatic carbocycles. The Kier molecular flexibility index (Phi) is 6.75. The minimum absolute atomic E-state index is 0.0999. The lowest BCUT2D eigenvalue weighted by atomic mass is 10.1. The zero-order valence-corrected chi connectivity index (χ0v) is 20.1. The van der Waals surface area contributed by atoms with E-state index in [-0.39, 0.29) is 24.5 Å². The van der Waals surface area contributed by atoms with Crippen LogP contribution >= 0.6 is 0 Å². The first-order chi connectivity index (χ1) is 17.6. The number of ether oxygens (including phenoxy) is 2. The molecule has 0 spiro atoms. The summed E-state index contributed by atoms with van der Waals surface area (Å²) in [4.78, 5) is 29.1. The summed E-state index contributed by atoms with van der Waals surface area (Å²) in [6.07, 6.45) is 0. The predicted octanol–water partition coefficient (Wildman–Crippen LogP) is 3.67. The molecular formula is C27H27N5O4. The number of aliphatic hydroxyl groups is 1. The summed E-state index contributed by atoms with van der Waals surface area (Å²) in [6, 6.07) is 18.4. The fourth-order valence-corrected chi connectivity index (χ4v) is 4.30. The van der Waals surface area contributed by atoms with Crippen molar-refractivity contribution in [2.45, 2.75) is 19.6 Å². The summed E-state index contributed by atoms with van der Waals surface area (Å²) >= 11 is 0. The zero-order chi connectivity index (χ0) is 25.1. The number of aromatic nitrogens is 3. The highest BCUT2D eigenvalue weighted by Crippen LogP contribution is 2.31. The molecule has 1 saturated heterocycles. The van der Waals surface area contributed by atoms with Crippen molar-refractivity contribution in [2.24, 2.45) is 0 Å². The maximum Gasteiger partial charge on any atom is 0.258 e. The van der Waals surface area contributed by atoms with Crippen LogP contribution in [0.5, 0.6) is 5.75 Å². The maximum absolute atomic E-state index is 12.8. The van der Waals surface area contributed by atoms with Crippen molar-refractivity contribution in [2.75, 3.05) is 37.1 Å². The minimum atomic E-state index is -0.296. The number of morpholine rings is 1. The van der Waals surface area contributed by atoms with Crippen molar-refractivity contribution in [3.8, 4) is 17.0 Å². The Morgan fingerprint density at radius 3 is 2.72 bits per heavy atom. The first kappa shape index (κ1) is 23.7. The van der Waals surface area contributed by atoms with Crippen LogP contribution in [0.15, 0.2) is 60.7 Å². The van der Waals surface area contributed by atoms with Gasteiger partial charge < -0.3 is 19.5 Å². The van der Waals surface area contributed by atoms with Crippen molar-refractivity contribution in [3.05, 3.63) is 71.8 Å². The molecule has 0 radical (unpaired) electrons. The lowest BCUT2D eigenvalue weighted by molar-refractivity contribution is 0.0986. The van der Waals surface area contributed by atoms with Crippen molar-refractivity contribution in [3.63, 3.8) is 0 Å². The molecule has 9 nitrogen and oxygen atoms in total. The summed E-state index contributed by atoms with van der Waals surface area (Å²) in [5.74, 6) is 1.19. The predicted molar refractivity (Wildman–Crippen MR) is 137 cm³/mol. The van der Waals surface area contributed by atoms with E-state index in [0.29, 0.717) is 53.8 Å². The number of nitrogens with zero attached hydrogens (tertiary/aromatic N) is 4. The van der Waals surface area contributed by atoms with Gasteiger partial charge in [-0.15, -0.1) is 0 Å². The van der Waals surface area contributed by atoms with E-state index in [1.54, 1.807) is 37.4 Å². The summed E-state index contributed by atoms with van der Waals surface area (Å²) in [7, 11) is 1.57. The zero-order valence-electron chi connectivity index (χ0n) is 20.1. The number of fused-ring (bicyclic) bond motifs is 1. The van der Waals surface area contributed by atoms with Crippen molar-refractivity contribution >= 4 is 28.7 Å². The highest BCUT2D eigenvalue weighted by Gasteiger charge is 2.24. The Bertz CT molecular complexity index is 1400. The van der Waals surface area contributed by atoms with Gasteiger partial charge in [0.05, 0.1) is 44.1 Å².